The molecular formula is C17H18N6O. The van der Waals surface area contributed by atoms with Crippen LogP contribution in [0.25, 0.3) is 5.69 Å². The van der Waals surface area contributed by atoms with Gasteiger partial charge in [0, 0.05) is 6.20 Å². The molecule has 2 N–H and O–H groups in total. The summed E-state index contributed by atoms with van der Waals surface area (Å²) in [5, 5.41) is 9.79. The summed E-state index contributed by atoms with van der Waals surface area (Å²) in [4.78, 5) is 20.1. The molecular weight excluding hydrogens is 304 g/mol. The highest BCUT2D eigenvalue weighted by Gasteiger charge is 2.09. The van der Waals surface area contributed by atoms with Crippen LogP contribution in [0.15, 0.2) is 61.3 Å². The van der Waals surface area contributed by atoms with E-state index in [1.807, 2.05) is 49.4 Å². The van der Waals surface area contributed by atoms with Gasteiger partial charge in [0.05, 0.1) is 24.0 Å². The molecule has 3 aromatic rings. The summed E-state index contributed by atoms with van der Waals surface area (Å²) in [5.74, 6) is 0. The molecule has 0 aliphatic rings. The maximum absolute atomic E-state index is 12.0. The lowest BCUT2D eigenvalue weighted by atomic mass is 10.1. The van der Waals surface area contributed by atoms with Crippen LogP contribution in [0.5, 0.6) is 0 Å². The van der Waals surface area contributed by atoms with Crippen LogP contribution >= 0.6 is 0 Å². The van der Waals surface area contributed by atoms with E-state index < -0.39 is 0 Å². The van der Waals surface area contributed by atoms with Gasteiger partial charge in [0.1, 0.15) is 12.7 Å². The SMILES string of the molecule is C[C@@H](NC(=O)NCc1ccccn1)c1ccc(-n2cncn2)cc1. The third-order valence-electron chi connectivity index (χ3n) is 3.58. The molecule has 2 aromatic heterocycles. The van der Waals surface area contributed by atoms with Gasteiger partial charge in [0.25, 0.3) is 0 Å². The fraction of sp³-hybridized carbons (Fsp3) is 0.176. The Morgan fingerprint density at radius 2 is 2.04 bits per heavy atom. The third kappa shape index (κ3) is 3.95. The second kappa shape index (κ2) is 7.36. The van der Waals surface area contributed by atoms with Crippen molar-refractivity contribution in [2.45, 2.75) is 19.5 Å². The highest BCUT2D eigenvalue weighted by Crippen LogP contribution is 2.15. The Kier molecular flexibility index (Phi) is 4.81. The number of aromatic nitrogens is 4. The quantitative estimate of drug-likeness (QED) is 0.754. The van der Waals surface area contributed by atoms with Crippen LogP contribution in [-0.2, 0) is 6.54 Å². The Morgan fingerprint density at radius 1 is 1.21 bits per heavy atom. The molecule has 2 amide bonds. The molecule has 0 fully saturated rings. The first-order valence-electron chi connectivity index (χ1n) is 7.61. The zero-order valence-electron chi connectivity index (χ0n) is 13.3. The molecule has 0 spiro atoms. The molecule has 3 rings (SSSR count). The number of pyridine rings is 1. The Labute approximate surface area is 139 Å². The second-order valence-electron chi connectivity index (χ2n) is 5.30. The van der Waals surface area contributed by atoms with Crippen LogP contribution in [0, 0.1) is 0 Å². The van der Waals surface area contributed by atoms with E-state index in [2.05, 4.69) is 25.7 Å². The van der Waals surface area contributed by atoms with E-state index in [1.165, 1.54) is 6.33 Å². The average Bonchev–Trinajstić information content (AvgIpc) is 3.16. The predicted molar refractivity (Wildman–Crippen MR) is 89.4 cm³/mol. The highest BCUT2D eigenvalue weighted by atomic mass is 16.2. The second-order valence-corrected chi connectivity index (χ2v) is 5.30. The van der Waals surface area contributed by atoms with Gasteiger partial charge < -0.3 is 10.6 Å². The number of carbonyl (C=O) groups is 1. The maximum Gasteiger partial charge on any atom is 0.315 e. The van der Waals surface area contributed by atoms with Gasteiger partial charge in [-0.05, 0) is 36.8 Å². The van der Waals surface area contributed by atoms with Gasteiger partial charge in [-0.25, -0.2) is 14.5 Å². The van der Waals surface area contributed by atoms with Crippen molar-refractivity contribution in [2.75, 3.05) is 0 Å². The van der Waals surface area contributed by atoms with Crippen LogP contribution in [0.4, 0.5) is 4.79 Å². The van der Waals surface area contributed by atoms with Crippen molar-refractivity contribution in [3.05, 3.63) is 72.6 Å². The van der Waals surface area contributed by atoms with Gasteiger partial charge >= 0.3 is 6.03 Å². The van der Waals surface area contributed by atoms with Crippen LogP contribution in [-0.4, -0.2) is 25.8 Å². The van der Waals surface area contributed by atoms with Crippen LogP contribution in [0.3, 0.4) is 0 Å². The Morgan fingerprint density at radius 3 is 2.71 bits per heavy atom. The highest BCUT2D eigenvalue weighted by molar-refractivity contribution is 5.74. The number of amides is 2. The fourth-order valence-corrected chi connectivity index (χ4v) is 2.26. The summed E-state index contributed by atoms with van der Waals surface area (Å²) in [5.41, 5.74) is 2.74. The van der Waals surface area contributed by atoms with E-state index in [0.717, 1.165) is 16.9 Å². The van der Waals surface area contributed by atoms with Crippen LogP contribution < -0.4 is 10.6 Å². The molecule has 7 heteroatoms. The van der Waals surface area contributed by atoms with Crippen LogP contribution in [0.2, 0.25) is 0 Å². The molecule has 1 aromatic carbocycles. The first-order valence-corrected chi connectivity index (χ1v) is 7.61. The molecule has 0 bridgehead atoms. The van der Waals surface area contributed by atoms with E-state index in [4.69, 9.17) is 0 Å². The van der Waals surface area contributed by atoms with Crippen molar-refractivity contribution < 1.29 is 4.79 Å². The number of hydrogen-bond donors (Lipinski definition) is 2. The van der Waals surface area contributed by atoms with Gasteiger partial charge in [-0.2, -0.15) is 5.10 Å². The van der Waals surface area contributed by atoms with E-state index in [9.17, 15) is 4.79 Å². The third-order valence-corrected chi connectivity index (χ3v) is 3.58. The normalized spacial score (nSPS) is 11.7. The zero-order chi connectivity index (χ0) is 16.8. The van der Waals surface area contributed by atoms with Gasteiger partial charge in [-0.1, -0.05) is 18.2 Å². The van der Waals surface area contributed by atoms with Gasteiger partial charge in [-0.15, -0.1) is 0 Å². The van der Waals surface area contributed by atoms with Crippen molar-refractivity contribution in [3.63, 3.8) is 0 Å². The van der Waals surface area contributed by atoms with Crippen molar-refractivity contribution in [1.82, 2.24) is 30.4 Å². The van der Waals surface area contributed by atoms with Crippen molar-refractivity contribution in [2.24, 2.45) is 0 Å². The maximum atomic E-state index is 12.0. The minimum atomic E-state index is -0.228. The first kappa shape index (κ1) is 15.7. The summed E-state index contributed by atoms with van der Waals surface area (Å²) in [6.07, 6.45) is 4.83. The minimum absolute atomic E-state index is 0.112. The summed E-state index contributed by atoms with van der Waals surface area (Å²) < 4.78 is 1.68. The lowest BCUT2D eigenvalue weighted by molar-refractivity contribution is 0.237. The molecule has 2 heterocycles. The number of carbonyl (C=O) groups excluding carboxylic acids is 1. The topological polar surface area (TPSA) is 84.7 Å². The molecule has 0 radical (unpaired) electrons. The molecule has 0 unspecified atom stereocenters. The molecule has 0 saturated carbocycles. The Hall–Kier alpha value is -3.22. The molecule has 0 aliphatic carbocycles. The van der Waals surface area contributed by atoms with Crippen LogP contribution in [0.1, 0.15) is 24.2 Å². The first-order chi connectivity index (χ1) is 11.7. The van der Waals surface area contributed by atoms with E-state index >= 15 is 0 Å². The smallest absolute Gasteiger partial charge is 0.315 e. The van der Waals surface area contributed by atoms with E-state index in [0.29, 0.717) is 6.54 Å². The largest absolute Gasteiger partial charge is 0.332 e. The van der Waals surface area contributed by atoms with Gasteiger partial charge in [0.15, 0.2) is 0 Å². The predicted octanol–water partition coefficient (Wildman–Crippen LogP) is 2.22. The standard InChI is InChI=1S/C17H18N6O/c1-13(22-17(24)20-10-15-4-2-3-9-19-15)14-5-7-16(8-6-14)23-12-18-11-21-23/h2-9,11-13H,10H2,1H3,(H2,20,22,24)/t13-/m1/s1. The van der Waals surface area contributed by atoms with Crippen molar-refractivity contribution >= 4 is 6.03 Å². The summed E-state index contributed by atoms with van der Waals surface area (Å²) >= 11 is 0. The van der Waals surface area contributed by atoms with E-state index in [-0.39, 0.29) is 12.1 Å². The molecule has 122 valence electrons. The fourth-order valence-electron chi connectivity index (χ4n) is 2.26. The summed E-state index contributed by atoms with van der Waals surface area (Å²) in [6, 6.07) is 13.1. The zero-order valence-corrected chi connectivity index (χ0v) is 13.3. The molecule has 1 atom stereocenters. The monoisotopic (exact) mass is 322 g/mol. The van der Waals surface area contributed by atoms with E-state index in [1.54, 1.807) is 17.2 Å². The number of urea groups is 1. The summed E-state index contributed by atoms with van der Waals surface area (Å²) in [7, 11) is 0. The molecule has 0 saturated heterocycles. The summed E-state index contributed by atoms with van der Waals surface area (Å²) in [6.45, 7) is 2.33. The van der Waals surface area contributed by atoms with Crippen molar-refractivity contribution in [3.8, 4) is 5.69 Å². The van der Waals surface area contributed by atoms with Crippen molar-refractivity contribution in [1.29, 1.82) is 0 Å². The Bertz CT molecular complexity index is 771. The van der Waals surface area contributed by atoms with Gasteiger partial charge in [0.2, 0.25) is 0 Å². The number of nitrogens with one attached hydrogen (secondary N) is 2. The minimum Gasteiger partial charge on any atom is -0.332 e. The average molecular weight is 322 g/mol. The number of hydrogen-bond acceptors (Lipinski definition) is 4. The lowest BCUT2D eigenvalue weighted by Gasteiger charge is -2.15. The lowest BCUT2D eigenvalue weighted by Crippen LogP contribution is -2.36. The molecule has 7 nitrogen and oxygen atoms in total. The molecule has 24 heavy (non-hydrogen) atoms. The molecule has 0 aliphatic heterocycles. The van der Waals surface area contributed by atoms with Gasteiger partial charge in [-0.3, -0.25) is 4.98 Å². The number of benzene rings is 1. The number of rotatable bonds is 5. The Balaban J connectivity index is 1.54. The number of nitrogens with zero attached hydrogens (tertiary/aromatic N) is 4.